The third-order valence-electron chi connectivity index (χ3n) is 12.2. The maximum Gasteiger partial charge on any atom is 0.264 e. The van der Waals surface area contributed by atoms with Crippen LogP contribution in [0.3, 0.4) is 0 Å². The van der Waals surface area contributed by atoms with Crippen LogP contribution in [0.15, 0.2) is 48.6 Å². The number of carbonyl (C=O) groups excluding carboxylic acids is 1. The normalized spacial score (nSPS) is 33.0. The molecular weight excluding hydrogens is 686 g/mol. The minimum Gasteiger partial charge on any atom is -0.490 e. The number of hydrogen-bond acceptors (Lipinski definition) is 8. The lowest BCUT2D eigenvalue weighted by atomic mass is 9.64. The number of fused-ring (bicyclic) bond motifs is 4. The monoisotopic (exact) mass is 735 g/mol. The standard InChI is InChI=1S/C40H50ClN3O6S/c1-4-40(50-22-19-43-17-20-48-21-18-43)16-5-7-28(2)29(3)51(46,47)42-38(45)31-10-14-37-36(24-31)44(25-32-9-12-35(32)40)26-39(27-49-37)15-6-8-30-23-33(41)11-13-34(30)39/h1,5,10-11,13-14,16,23-24,28-29,32,35H,6-9,12,15,17-22,25-27H2,2-3H3,(H,42,45)/b16-5+/t28-,29+,32-,35+,39-,40+/m0/s1. The van der Waals surface area contributed by atoms with Gasteiger partial charge in [-0.1, -0.05) is 36.6 Å². The van der Waals surface area contributed by atoms with E-state index in [1.54, 1.807) is 19.1 Å². The number of carbonyl (C=O) groups is 1. The summed E-state index contributed by atoms with van der Waals surface area (Å²) in [6.07, 6.45) is 15.8. The van der Waals surface area contributed by atoms with E-state index in [1.165, 1.54) is 11.1 Å². The summed E-state index contributed by atoms with van der Waals surface area (Å²) in [4.78, 5) is 18.3. The Morgan fingerprint density at radius 1 is 1.14 bits per heavy atom. The Bertz CT molecular complexity index is 1810. The molecule has 2 aliphatic carbocycles. The lowest BCUT2D eigenvalue weighted by molar-refractivity contribution is -0.0703. The number of allylic oxidation sites excluding steroid dienone is 1. The number of sulfonamides is 1. The third-order valence-corrected chi connectivity index (χ3v) is 14.3. The molecule has 5 aliphatic rings. The summed E-state index contributed by atoms with van der Waals surface area (Å²) >= 11 is 6.47. The number of aryl methyl sites for hydroxylation is 1. The Balaban J connectivity index is 1.28. The van der Waals surface area contributed by atoms with Gasteiger partial charge in [-0.3, -0.25) is 9.69 Å². The van der Waals surface area contributed by atoms with Gasteiger partial charge in [0.1, 0.15) is 11.4 Å². The molecule has 0 unspecified atom stereocenters. The fraction of sp³-hybridized carbons (Fsp3) is 0.575. The van der Waals surface area contributed by atoms with E-state index in [4.69, 9.17) is 32.2 Å². The number of benzene rings is 2. The van der Waals surface area contributed by atoms with Crippen LogP contribution in [-0.4, -0.2) is 89.2 Å². The van der Waals surface area contributed by atoms with Crippen molar-refractivity contribution in [2.24, 2.45) is 17.8 Å². The average Bonchev–Trinajstić information content (AvgIpc) is 3.26. The zero-order chi connectivity index (χ0) is 35.8. The van der Waals surface area contributed by atoms with Gasteiger partial charge in [0.25, 0.3) is 5.91 Å². The van der Waals surface area contributed by atoms with Crippen LogP contribution in [0.2, 0.25) is 5.02 Å². The molecule has 274 valence electrons. The molecule has 2 aromatic rings. The lowest BCUT2D eigenvalue weighted by Crippen LogP contribution is -2.53. The average molecular weight is 736 g/mol. The van der Waals surface area contributed by atoms with E-state index in [9.17, 15) is 13.2 Å². The SMILES string of the molecule is C#C[C@@]1(OCCN2CCOCC2)/C=C/C[C@H](C)[C@@H](C)S(=O)(=O)NC(=O)c2ccc3c(c2)N(C[C@@H]2CC[C@H]21)C[C@@]1(CCCc2cc(Cl)ccc21)CO3. The number of nitrogens with zero attached hydrogens (tertiary/aromatic N) is 2. The molecule has 51 heavy (non-hydrogen) atoms. The zero-order valence-corrected chi connectivity index (χ0v) is 31.3. The first-order chi connectivity index (χ1) is 24.5. The summed E-state index contributed by atoms with van der Waals surface area (Å²) in [5.74, 6) is 3.14. The highest BCUT2D eigenvalue weighted by molar-refractivity contribution is 7.90. The molecule has 9 nitrogen and oxygen atoms in total. The van der Waals surface area contributed by atoms with Crippen molar-refractivity contribution in [1.82, 2.24) is 9.62 Å². The Labute approximate surface area is 308 Å². The molecule has 7 rings (SSSR count). The quantitative estimate of drug-likeness (QED) is 0.320. The van der Waals surface area contributed by atoms with Gasteiger partial charge < -0.3 is 19.1 Å². The Morgan fingerprint density at radius 2 is 1.96 bits per heavy atom. The molecule has 1 spiro atoms. The Kier molecular flexibility index (Phi) is 10.5. The van der Waals surface area contributed by atoms with E-state index in [2.05, 4.69) is 32.6 Å². The van der Waals surface area contributed by atoms with E-state index in [-0.39, 0.29) is 28.7 Å². The van der Waals surface area contributed by atoms with Crippen LogP contribution in [0.4, 0.5) is 5.69 Å². The van der Waals surface area contributed by atoms with Gasteiger partial charge in [0.2, 0.25) is 10.0 Å². The number of anilines is 1. The number of hydrogen-bond donors (Lipinski definition) is 1. The minimum absolute atomic E-state index is 0.0558. The fourth-order valence-electron chi connectivity index (χ4n) is 8.77. The fourth-order valence-corrected chi connectivity index (χ4v) is 10.3. The summed E-state index contributed by atoms with van der Waals surface area (Å²) in [6, 6.07) is 11.5. The predicted molar refractivity (Wildman–Crippen MR) is 200 cm³/mol. The summed E-state index contributed by atoms with van der Waals surface area (Å²) in [7, 11) is -3.98. The molecule has 2 aromatic carbocycles. The van der Waals surface area contributed by atoms with E-state index in [0.717, 1.165) is 62.4 Å². The molecule has 11 heteroatoms. The number of ether oxygens (including phenoxy) is 3. The second-order valence-corrected chi connectivity index (χ2v) is 17.7. The maximum atomic E-state index is 13.6. The second-order valence-electron chi connectivity index (χ2n) is 15.3. The summed E-state index contributed by atoms with van der Waals surface area (Å²) in [5.41, 5.74) is 2.32. The van der Waals surface area contributed by atoms with Gasteiger partial charge in [0.15, 0.2) is 0 Å². The Hall–Kier alpha value is -3.07. The molecule has 3 heterocycles. The van der Waals surface area contributed by atoms with Crippen molar-refractivity contribution in [3.8, 4) is 18.1 Å². The molecule has 1 N–H and O–H groups in total. The van der Waals surface area contributed by atoms with Crippen molar-refractivity contribution in [2.75, 3.05) is 64.1 Å². The second kappa shape index (κ2) is 14.7. The number of morpholine rings is 1. The number of rotatable bonds is 4. The zero-order valence-electron chi connectivity index (χ0n) is 29.7. The van der Waals surface area contributed by atoms with Crippen molar-refractivity contribution < 1.29 is 27.4 Å². The maximum absolute atomic E-state index is 13.6. The van der Waals surface area contributed by atoms with E-state index < -0.39 is 26.8 Å². The van der Waals surface area contributed by atoms with Crippen LogP contribution in [0, 0.1) is 30.1 Å². The van der Waals surface area contributed by atoms with Gasteiger partial charge >= 0.3 is 0 Å². The molecule has 2 fully saturated rings. The van der Waals surface area contributed by atoms with Crippen molar-refractivity contribution in [2.45, 2.75) is 68.6 Å². The Morgan fingerprint density at radius 3 is 2.73 bits per heavy atom. The van der Waals surface area contributed by atoms with Gasteiger partial charge in [-0.15, -0.1) is 6.42 Å². The molecule has 2 bridgehead atoms. The topological polar surface area (TPSA) is 97.4 Å². The van der Waals surface area contributed by atoms with Gasteiger partial charge in [-0.05, 0) is 105 Å². The highest BCUT2D eigenvalue weighted by Gasteiger charge is 2.49. The molecule has 3 aliphatic heterocycles. The minimum atomic E-state index is -3.98. The van der Waals surface area contributed by atoms with Crippen LogP contribution < -0.4 is 14.4 Å². The lowest BCUT2D eigenvalue weighted by Gasteiger charge is -2.49. The van der Waals surface area contributed by atoms with Crippen molar-refractivity contribution in [1.29, 1.82) is 0 Å². The number of nitrogens with one attached hydrogen (secondary N) is 1. The summed E-state index contributed by atoms with van der Waals surface area (Å²) in [5, 5.41) is -0.0918. The van der Waals surface area contributed by atoms with Gasteiger partial charge in [-0.2, -0.15) is 0 Å². The molecule has 1 amide bonds. The predicted octanol–water partition coefficient (Wildman–Crippen LogP) is 5.60. The van der Waals surface area contributed by atoms with E-state index in [1.807, 2.05) is 31.2 Å². The van der Waals surface area contributed by atoms with E-state index >= 15 is 0 Å². The van der Waals surface area contributed by atoms with Gasteiger partial charge in [0, 0.05) is 54.6 Å². The summed E-state index contributed by atoms with van der Waals surface area (Å²) in [6.45, 7) is 9.77. The van der Waals surface area contributed by atoms with Crippen molar-refractivity contribution in [3.05, 3.63) is 70.3 Å². The first kappa shape index (κ1) is 36.3. The highest BCUT2D eigenvalue weighted by Crippen LogP contribution is 2.49. The number of amides is 1. The largest absolute Gasteiger partial charge is 0.490 e. The third kappa shape index (κ3) is 7.30. The molecule has 6 atom stereocenters. The van der Waals surface area contributed by atoms with Gasteiger partial charge in [-0.25, -0.2) is 13.1 Å². The summed E-state index contributed by atoms with van der Waals surface area (Å²) < 4.78 is 48.4. The highest BCUT2D eigenvalue weighted by atomic mass is 35.5. The van der Waals surface area contributed by atoms with Crippen molar-refractivity contribution in [3.63, 3.8) is 0 Å². The van der Waals surface area contributed by atoms with Crippen LogP contribution in [-0.2, 0) is 31.3 Å². The molecule has 0 radical (unpaired) electrons. The first-order valence-electron chi connectivity index (χ1n) is 18.5. The smallest absolute Gasteiger partial charge is 0.264 e. The van der Waals surface area contributed by atoms with Crippen molar-refractivity contribution >= 4 is 33.2 Å². The molecule has 0 aromatic heterocycles. The molecule has 1 saturated carbocycles. The van der Waals surface area contributed by atoms with Crippen LogP contribution in [0.5, 0.6) is 5.75 Å². The number of terminal acetylenes is 1. The number of halogens is 1. The molecule has 1 saturated heterocycles. The van der Waals surface area contributed by atoms with Gasteiger partial charge in [0.05, 0.1) is 37.4 Å². The van der Waals surface area contributed by atoms with Crippen LogP contribution >= 0.6 is 11.6 Å². The van der Waals surface area contributed by atoms with E-state index in [0.29, 0.717) is 51.7 Å². The van der Waals surface area contributed by atoms with Crippen LogP contribution in [0.25, 0.3) is 0 Å². The van der Waals surface area contributed by atoms with Crippen LogP contribution in [0.1, 0.15) is 67.4 Å². The first-order valence-corrected chi connectivity index (χ1v) is 20.4. The molecular formula is C40H50ClN3O6S.